The third-order valence-corrected chi connectivity index (χ3v) is 5.93. The Labute approximate surface area is 171 Å². The predicted molar refractivity (Wildman–Crippen MR) is 115 cm³/mol. The SMILES string of the molecule is CC(C)c1ccc(OC(c2ccc3cc(C(=O)O)ncc3c2)C2CCCC2)cc1. The molecule has 1 N–H and O–H groups in total. The van der Waals surface area contributed by atoms with Crippen molar-refractivity contribution in [3.8, 4) is 5.75 Å². The fraction of sp³-hybridized carbons (Fsp3) is 0.360. The highest BCUT2D eigenvalue weighted by molar-refractivity contribution is 5.92. The van der Waals surface area contributed by atoms with E-state index in [2.05, 4.69) is 55.2 Å². The number of hydrogen-bond donors (Lipinski definition) is 1. The van der Waals surface area contributed by atoms with E-state index >= 15 is 0 Å². The first kappa shape index (κ1) is 19.4. The number of carbonyl (C=O) groups is 1. The van der Waals surface area contributed by atoms with E-state index in [0.29, 0.717) is 11.8 Å². The number of carboxylic acid groups (broad SMARTS) is 1. The van der Waals surface area contributed by atoms with Gasteiger partial charge in [-0.2, -0.15) is 0 Å². The molecule has 1 saturated carbocycles. The van der Waals surface area contributed by atoms with Crippen molar-refractivity contribution < 1.29 is 14.6 Å². The molecule has 0 bridgehead atoms. The van der Waals surface area contributed by atoms with Crippen molar-refractivity contribution in [2.45, 2.75) is 51.6 Å². The molecular weight excluding hydrogens is 362 g/mol. The fourth-order valence-electron chi connectivity index (χ4n) is 4.23. The molecule has 0 spiro atoms. The number of ether oxygens (including phenoxy) is 1. The minimum atomic E-state index is -1.01. The van der Waals surface area contributed by atoms with Gasteiger partial charge < -0.3 is 9.84 Å². The Morgan fingerprint density at radius 1 is 1.00 bits per heavy atom. The lowest BCUT2D eigenvalue weighted by Crippen LogP contribution is -2.16. The molecule has 0 aliphatic heterocycles. The molecule has 0 radical (unpaired) electrons. The molecule has 4 rings (SSSR count). The van der Waals surface area contributed by atoms with E-state index in [4.69, 9.17) is 9.84 Å². The molecule has 1 aliphatic carbocycles. The Morgan fingerprint density at radius 3 is 2.34 bits per heavy atom. The third kappa shape index (κ3) is 4.26. The van der Waals surface area contributed by atoms with Crippen molar-refractivity contribution in [2.24, 2.45) is 5.92 Å². The Morgan fingerprint density at radius 2 is 1.69 bits per heavy atom. The molecule has 0 saturated heterocycles. The molecule has 1 unspecified atom stereocenters. The summed E-state index contributed by atoms with van der Waals surface area (Å²) in [6.45, 7) is 4.38. The normalized spacial score (nSPS) is 15.7. The molecule has 3 aromatic rings. The Hall–Kier alpha value is -2.88. The van der Waals surface area contributed by atoms with E-state index in [-0.39, 0.29) is 11.8 Å². The standard InChI is InChI=1S/C25H27NO3/c1-16(2)17-9-11-22(12-10-17)29-24(18-5-3-4-6-18)20-8-7-19-14-23(25(27)28)26-15-21(19)13-20/h7-16,18,24H,3-6H2,1-2H3,(H,27,28). The van der Waals surface area contributed by atoms with E-state index < -0.39 is 5.97 Å². The number of benzene rings is 2. The molecule has 4 heteroatoms. The number of nitrogens with zero attached hydrogens (tertiary/aromatic N) is 1. The molecule has 1 heterocycles. The van der Waals surface area contributed by atoms with Gasteiger partial charge >= 0.3 is 5.97 Å². The fourth-order valence-corrected chi connectivity index (χ4v) is 4.23. The molecular formula is C25H27NO3. The zero-order valence-corrected chi connectivity index (χ0v) is 17.0. The summed E-state index contributed by atoms with van der Waals surface area (Å²) >= 11 is 0. The average Bonchev–Trinajstić information content (AvgIpc) is 3.26. The van der Waals surface area contributed by atoms with Gasteiger partial charge in [0, 0.05) is 17.5 Å². The first-order chi connectivity index (χ1) is 14.0. The number of aromatic carboxylic acids is 1. The van der Waals surface area contributed by atoms with Gasteiger partial charge in [0.1, 0.15) is 17.5 Å². The smallest absolute Gasteiger partial charge is 0.354 e. The van der Waals surface area contributed by atoms with Crippen LogP contribution in [0.25, 0.3) is 10.8 Å². The minimum Gasteiger partial charge on any atom is -0.485 e. The van der Waals surface area contributed by atoms with Crippen LogP contribution in [-0.2, 0) is 0 Å². The third-order valence-electron chi connectivity index (χ3n) is 5.93. The maximum atomic E-state index is 11.2. The van der Waals surface area contributed by atoms with Crippen LogP contribution in [0.3, 0.4) is 0 Å². The van der Waals surface area contributed by atoms with Gasteiger partial charge in [-0.3, -0.25) is 0 Å². The molecule has 1 fully saturated rings. The largest absolute Gasteiger partial charge is 0.485 e. The first-order valence-electron chi connectivity index (χ1n) is 10.4. The van der Waals surface area contributed by atoms with E-state index in [0.717, 1.165) is 22.1 Å². The Bertz CT molecular complexity index is 1000. The zero-order chi connectivity index (χ0) is 20.4. The topological polar surface area (TPSA) is 59.4 Å². The van der Waals surface area contributed by atoms with E-state index in [9.17, 15) is 4.79 Å². The minimum absolute atomic E-state index is 0.00838. The number of pyridine rings is 1. The second-order valence-electron chi connectivity index (χ2n) is 8.29. The van der Waals surface area contributed by atoms with Crippen molar-refractivity contribution in [2.75, 3.05) is 0 Å². The van der Waals surface area contributed by atoms with Gasteiger partial charge in [-0.15, -0.1) is 0 Å². The van der Waals surface area contributed by atoms with Gasteiger partial charge in [0.05, 0.1) is 0 Å². The molecule has 29 heavy (non-hydrogen) atoms. The highest BCUT2D eigenvalue weighted by Gasteiger charge is 2.28. The summed E-state index contributed by atoms with van der Waals surface area (Å²) in [6, 6.07) is 16.2. The van der Waals surface area contributed by atoms with E-state index in [1.165, 1.54) is 31.2 Å². The van der Waals surface area contributed by atoms with Crippen molar-refractivity contribution in [1.29, 1.82) is 0 Å². The van der Waals surface area contributed by atoms with Crippen LogP contribution in [0, 0.1) is 5.92 Å². The maximum absolute atomic E-state index is 11.2. The molecule has 2 aromatic carbocycles. The lowest BCUT2D eigenvalue weighted by Gasteiger charge is -2.26. The molecule has 1 aromatic heterocycles. The molecule has 0 amide bonds. The van der Waals surface area contributed by atoms with Gasteiger partial charge in [-0.25, -0.2) is 9.78 Å². The van der Waals surface area contributed by atoms with Gasteiger partial charge in [-0.1, -0.05) is 51.0 Å². The van der Waals surface area contributed by atoms with Gasteiger partial charge in [0.25, 0.3) is 0 Å². The number of fused-ring (bicyclic) bond motifs is 1. The van der Waals surface area contributed by atoms with E-state index in [1.807, 2.05) is 6.07 Å². The van der Waals surface area contributed by atoms with Gasteiger partial charge in [-0.05, 0) is 59.5 Å². The second kappa shape index (κ2) is 8.24. The summed E-state index contributed by atoms with van der Waals surface area (Å²) in [6.07, 6.45) is 6.46. The predicted octanol–water partition coefficient (Wildman–Crippen LogP) is 6.37. The van der Waals surface area contributed by atoms with Gasteiger partial charge in [0.15, 0.2) is 0 Å². The maximum Gasteiger partial charge on any atom is 0.354 e. The van der Waals surface area contributed by atoms with Crippen molar-refractivity contribution in [3.63, 3.8) is 0 Å². The molecule has 1 aliphatic rings. The lowest BCUT2D eigenvalue weighted by atomic mass is 9.92. The lowest BCUT2D eigenvalue weighted by molar-refractivity contribution is 0.0690. The molecule has 4 nitrogen and oxygen atoms in total. The zero-order valence-electron chi connectivity index (χ0n) is 17.0. The van der Waals surface area contributed by atoms with Crippen LogP contribution in [0.15, 0.2) is 54.7 Å². The van der Waals surface area contributed by atoms with Crippen LogP contribution in [0.1, 0.15) is 73.2 Å². The second-order valence-corrected chi connectivity index (χ2v) is 8.29. The van der Waals surface area contributed by atoms with Crippen molar-refractivity contribution >= 4 is 16.7 Å². The number of aromatic nitrogens is 1. The summed E-state index contributed by atoms with van der Waals surface area (Å²) < 4.78 is 6.52. The molecule has 1 atom stereocenters. The number of hydrogen-bond acceptors (Lipinski definition) is 3. The van der Waals surface area contributed by atoms with Crippen LogP contribution < -0.4 is 4.74 Å². The Balaban J connectivity index is 1.65. The highest BCUT2D eigenvalue weighted by Crippen LogP contribution is 2.39. The van der Waals surface area contributed by atoms with Crippen LogP contribution in [-0.4, -0.2) is 16.1 Å². The van der Waals surface area contributed by atoms with Crippen molar-refractivity contribution in [3.05, 3.63) is 71.5 Å². The number of carboxylic acids is 1. The van der Waals surface area contributed by atoms with Crippen LogP contribution in [0.2, 0.25) is 0 Å². The van der Waals surface area contributed by atoms with Crippen LogP contribution >= 0.6 is 0 Å². The summed E-state index contributed by atoms with van der Waals surface area (Å²) in [4.78, 5) is 15.3. The summed E-state index contributed by atoms with van der Waals surface area (Å²) in [5.74, 6) is 0.876. The first-order valence-corrected chi connectivity index (χ1v) is 10.4. The van der Waals surface area contributed by atoms with Gasteiger partial charge in [0.2, 0.25) is 0 Å². The van der Waals surface area contributed by atoms with Crippen LogP contribution in [0.4, 0.5) is 0 Å². The average molecular weight is 389 g/mol. The quantitative estimate of drug-likeness (QED) is 0.532. The Kier molecular flexibility index (Phi) is 5.52. The highest BCUT2D eigenvalue weighted by atomic mass is 16.5. The van der Waals surface area contributed by atoms with Crippen LogP contribution in [0.5, 0.6) is 5.75 Å². The summed E-state index contributed by atoms with van der Waals surface area (Å²) in [5.41, 5.74) is 2.50. The van der Waals surface area contributed by atoms with Crippen molar-refractivity contribution in [1.82, 2.24) is 4.98 Å². The monoisotopic (exact) mass is 389 g/mol. The number of rotatable bonds is 6. The van der Waals surface area contributed by atoms with E-state index in [1.54, 1.807) is 12.3 Å². The molecule has 150 valence electrons. The summed E-state index contributed by atoms with van der Waals surface area (Å²) in [7, 11) is 0. The summed E-state index contributed by atoms with van der Waals surface area (Å²) in [5, 5.41) is 11.0.